The number of carbonyl (C=O) groups excluding carboxylic acids is 1. The molecule has 1 atom stereocenters. The third-order valence-electron chi connectivity index (χ3n) is 3.31. The molecule has 2 aromatic carbocycles. The highest BCUT2D eigenvalue weighted by atomic mass is 35.6. The van der Waals surface area contributed by atoms with Crippen LogP contribution >= 0.6 is 34.8 Å². The number of hydrogen-bond donors (Lipinski definition) is 2. The lowest BCUT2D eigenvalue weighted by Crippen LogP contribution is -2.49. The van der Waals surface area contributed by atoms with Gasteiger partial charge in [0, 0.05) is 35.5 Å². The molecule has 0 saturated heterocycles. The Hall–Kier alpha value is -2.62. The second kappa shape index (κ2) is 8.38. The molecule has 0 unspecified atom stereocenters. The minimum absolute atomic E-state index is 0.00560. The summed E-state index contributed by atoms with van der Waals surface area (Å²) in [6.45, 7) is 0. The molecule has 0 saturated carbocycles. The van der Waals surface area contributed by atoms with Crippen molar-refractivity contribution < 1.29 is 14.6 Å². The average molecular weight is 434 g/mol. The van der Waals surface area contributed by atoms with Gasteiger partial charge in [-0.3, -0.25) is 25.0 Å². The zero-order valence-corrected chi connectivity index (χ0v) is 15.5. The first-order chi connectivity index (χ1) is 12.6. The Morgan fingerprint density at radius 1 is 0.963 bits per heavy atom. The van der Waals surface area contributed by atoms with Gasteiger partial charge in [0.25, 0.3) is 17.3 Å². The van der Waals surface area contributed by atoms with Crippen molar-refractivity contribution in [2.45, 2.75) is 9.96 Å². The van der Waals surface area contributed by atoms with E-state index in [1.807, 2.05) is 0 Å². The molecule has 0 aliphatic rings. The molecule has 12 heteroatoms. The molecule has 0 heterocycles. The van der Waals surface area contributed by atoms with Crippen molar-refractivity contribution in [2.24, 2.45) is 0 Å². The minimum atomic E-state index is -1.99. The smallest absolute Gasteiger partial charge is 0.270 e. The van der Waals surface area contributed by atoms with Crippen LogP contribution in [-0.4, -0.2) is 25.7 Å². The summed E-state index contributed by atoms with van der Waals surface area (Å²) in [6.07, 6.45) is -1.23. The Morgan fingerprint density at radius 3 is 2.07 bits per heavy atom. The summed E-state index contributed by atoms with van der Waals surface area (Å²) in [6, 6.07) is 10.3. The van der Waals surface area contributed by atoms with E-state index in [1.54, 1.807) is 0 Å². The first-order valence-corrected chi connectivity index (χ1v) is 8.34. The summed E-state index contributed by atoms with van der Waals surface area (Å²) < 4.78 is -1.99. The van der Waals surface area contributed by atoms with Crippen LogP contribution in [0.1, 0.15) is 10.4 Å². The van der Waals surface area contributed by atoms with Crippen LogP contribution < -0.4 is 10.6 Å². The Morgan fingerprint density at radius 2 is 1.56 bits per heavy atom. The quantitative estimate of drug-likeness (QED) is 0.306. The number of non-ortho nitro benzene ring substituents is 2. The van der Waals surface area contributed by atoms with Crippen molar-refractivity contribution in [1.82, 2.24) is 5.32 Å². The summed E-state index contributed by atoms with van der Waals surface area (Å²) in [7, 11) is 0. The van der Waals surface area contributed by atoms with Crippen LogP contribution in [0.2, 0.25) is 0 Å². The molecule has 0 aliphatic carbocycles. The molecule has 0 radical (unpaired) electrons. The lowest BCUT2D eigenvalue weighted by Gasteiger charge is -2.27. The molecule has 0 spiro atoms. The van der Waals surface area contributed by atoms with E-state index in [0.717, 1.165) is 6.07 Å². The first-order valence-electron chi connectivity index (χ1n) is 7.21. The van der Waals surface area contributed by atoms with Crippen molar-refractivity contribution in [1.29, 1.82) is 0 Å². The van der Waals surface area contributed by atoms with Gasteiger partial charge in [-0.2, -0.15) is 0 Å². The SMILES string of the molecule is O=C(N[C@H](Nc1ccc([N+](=O)[O-])cc1)C(Cl)(Cl)Cl)c1cccc([N+](=O)[O-])c1. The van der Waals surface area contributed by atoms with E-state index < -0.39 is 25.7 Å². The highest BCUT2D eigenvalue weighted by Gasteiger charge is 2.34. The second-order valence-corrected chi connectivity index (χ2v) is 7.57. The van der Waals surface area contributed by atoms with Crippen LogP contribution in [-0.2, 0) is 0 Å². The molecule has 142 valence electrons. The van der Waals surface area contributed by atoms with Crippen LogP contribution in [0.25, 0.3) is 0 Å². The van der Waals surface area contributed by atoms with Gasteiger partial charge >= 0.3 is 0 Å². The van der Waals surface area contributed by atoms with Crippen molar-refractivity contribution in [3.8, 4) is 0 Å². The van der Waals surface area contributed by atoms with Crippen LogP contribution in [0, 0.1) is 20.2 Å². The number of amides is 1. The first kappa shape index (κ1) is 20.7. The van der Waals surface area contributed by atoms with Crippen LogP contribution in [0.4, 0.5) is 17.1 Å². The third-order valence-corrected chi connectivity index (χ3v) is 3.97. The number of nitro groups is 2. The molecule has 2 N–H and O–H groups in total. The van der Waals surface area contributed by atoms with E-state index >= 15 is 0 Å². The van der Waals surface area contributed by atoms with Gasteiger partial charge in [-0.1, -0.05) is 40.9 Å². The fourth-order valence-corrected chi connectivity index (χ4v) is 2.35. The van der Waals surface area contributed by atoms with Gasteiger partial charge in [0.05, 0.1) is 9.85 Å². The van der Waals surface area contributed by atoms with Crippen LogP contribution in [0.3, 0.4) is 0 Å². The highest BCUT2D eigenvalue weighted by Crippen LogP contribution is 2.31. The monoisotopic (exact) mass is 432 g/mol. The van der Waals surface area contributed by atoms with Crippen LogP contribution in [0.5, 0.6) is 0 Å². The molecule has 9 nitrogen and oxygen atoms in total. The van der Waals surface area contributed by atoms with E-state index in [0.29, 0.717) is 5.69 Å². The van der Waals surface area contributed by atoms with Gasteiger partial charge < -0.3 is 10.6 Å². The molecule has 2 aromatic rings. The van der Waals surface area contributed by atoms with Gasteiger partial charge in [-0.15, -0.1) is 0 Å². The number of carbonyl (C=O) groups is 1. The zero-order valence-electron chi connectivity index (χ0n) is 13.3. The van der Waals surface area contributed by atoms with Crippen molar-refractivity contribution in [2.75, 3.05) is 5.32 Å². The predicted octanol–water partition coefficient (Wildman–Crippen LogP) is 4.04. The zero-order chi connectivity index (χ0) is 20.2. The van der Waals surface area contributed by atoms with Gasteiger partial charge in [-0.05, 0) is 18.2 Å². The van der Waals surface area contributed by atoms with Gasteiger partial charge in [0.15, 0.2) is 0 Å². The summed E-state index contributed by atoms with van der Waals surface area (Å²) in [5.41, 5.74) is -0.0618. The molecular weight excluding hydrogens is 423 g/mol. The average Bonchev–Trinajstić information content (AvgIpc) is 2.60. The van der Waals surface area contributed by atoms with Gasteiger partial charge in [0.2, 0.25) is 3.79 Å². The summed E-state index contributed by atoms with van der Waals surface area (Å²) in [4.78, 5) is 32.7. The maximum atomic E-state index is 12.4. The third kappa shape index (κ3) is 5.68. The lowest BCUT2D eigenvalue weighted by atomic mass is 10.2. The molecule has 27 heavy (non-hydrogen) atoms. The Labute approximate surface area is 167 Å². The lowest BCUT2D eigenvalue weighted by molar-refractivity contribution is -0.385. The summed E-state index contributed by atoms with van der Waals surface area (Å²) in [5, 5.41) is 26.7. The molecule has 0 aromatic heterocycles. The van der Waals surface area contributed by atoms with E-state index in [2.05, 4.69) is 10.6 Å². The van der Waals surface area contributed by atoms with E-state index in [1.165, 1.54) is 42.5 Å². The molecule has 0 bridgehead atoms. The predicted molar refractivity (Wildman–Crippen MR) is 101 cm³/mol. The number of hydrogen-bond acceptors (Lipinski definition) is 6. The normalized spacial score (nSPS) is 12.1. The summed E-state index contributed by atoms with van der Waals surface area (Å²) >= 11 is 17.6. The number of rotatable bonds is 6. The molecule has 0 aliphatic heterocycles. The largest absolute Gasteiger partial charge is 0.362 e. The van der Waals surface area contributed by atoms with E-state index in [4.69, 9.17) is 34.8 Å². The topological polar surface area (TPSA) is 127 Å². The number of nitro benzene ring substituents is 2. The minimum Gasteiger partial charge on any atom is -0.362 e. The second-order valence-electron chi connectivity index (χ2n) is 5.20. The van der Waals surface area contributed by atoms with E-state index in [-0.39, 0.29) is 16.9 Å². The van der Waals surface area contributed by atoms with E-state index in [9.17, 15) is 25.0 Å². The van der Waals surface area contributed by atoms with Gasteiger partial charge in [-0.25, -0.2) is 0 Å². The number of halogens is 3. The summed E-state index contributed by atoms with van der Waals surface area (Å²) in [5.74, 6) is -0.718. The number of alkyl halides is 3. The molecule has 2 rings (SSSR count). The Kier molecular flexibility index (Phi) is 6.42. The number of benzene rings is 2. The fraction of sp³-hybridized carbons (Fsp3) is 0.133. The Balaban J connectivity index is 2.19. The maximum Gasteiger partial charge on any atom is 0.270 e. The van der Waals surface area contributed by atoms with Crippen molar-refractivity contribution in [3.05, 3.63) is 74.3 Å². The fourth-order valence-electron chi connectivity index (χ4n) is 2.02. The van der Waals surface area contributed by atoms with Crippen LogP contribution in [0.15, 0.2) is 48.5 Å². The number of nitrogens with zero attached hydrogens (tertiary/aromatic N) is 2. The Bertz CT molecular complexity index is 871. The number of nitrogens with one attached hydrogen (secondary N) is 2. The standard InChI is InChI=1S/C15H11Cl3N4O5/c16-15(17,18)14(19-10-4-6-11(7-5-10)21(24)25)20-13(23)9-2-1-3-12(8-9)22(26)27/h1-8,14,19H,(H,20,23)/t14-/m0/s1. The van der Waals surface area contributed by atoms with Crippen molar-refractivity contribution in [3.63, 3.8) is 0 Å². The van der Waals surface area contributed by atoms with Gasteiger partial charge in [0.1, 0.15) is 6.17 Å². The maximum absolute atomic E-state index is 12.4. The molecular formula is C15H11Cl3N4O5. The highest BCUT2D eigenvalue weighted by molar-refractivity contribution is 6.68. The van der Waals surface area contributed by atoms with Crippen molar-refractivity contribution >= 4 is 57.8 Å². The molecule has 0 fully saturated rings. The number of anilines is 1. The molecule has 1 amide bonds.